The fourth-order valence-corrected chi connectivity index (χ4v) is 2.52. The molecular formula is C20H22O5. The number of carboxylic acid groups (broad SMARTS) is 1. The third kappa shape index (κ3) is 6.39. The number of benzene rings is 1. The van der Waals surface area contributed by atoms with Crippen LogP contribution >= 0.6 is 0 Å². The number of aliphatic hydroxyl groups excluding tert-OH is 1. The second-order valence-electron chi connectivity index (χ2n) is 5.76. The van der Waals surface area contributed by atoms with Gasteiger partial charge < -0.3 is 14.9 Å². The van der Waals surface area contributed by atoms with Gasteiger partial charge in [0, 0.05) is 12.0 Å². The molecule has 1 aromatic carbocycles. The second kappa shape index (κ2) is 9.59. The van der Waals surface area contributed by atoms with Gasteiger partial charge in [-0.2, -0.15) is 0 Å². The first-order valence-electron chi connectivity index (χ1n) is 8.27. The van der Waals surface area contributed by atoms with Gasteiger partial charge in [0.2, 0.25) is 0 Å². The number of rotatable bonds is 9. The Morgan fingerprint density at radius 1 is 1.28 bits per heavy atom. The van der Waals surface area contributed by atoms with Crippen LogP contribution in [-0.4, -0.2) is 28.3 Å². The highest BCUT2D eigenvalue weighted by Gasteiger charge is 2.20. The van der Waals surface area contributed by atoms with Crippen LogP contribution < -0.4 is 4.74 Å². The van der Waals surface area contributed by atoms with Crippen LogP contribution in [0, 0.1) is 0 Å². The van der Waals surface area contributed by atoms with Crippen molar-refractivity contribution in [1.29, 1.82) is 0 Å². The zero-order valence-corrected chi connectivity index (χ0v) is 13.9. The first-order valence-corrected chi connectivity index (χ1v) is 8.27. The quantitative estimate of drug-likeness (QED) is 0.531. The Balaban J connectivity index is 1.73. The highest BCUT2D eigenvalue weighted by molar-refractivity contribution is 6.11. The number of ether oxygens (including phenoxy) is 1. The van der Waals surface area contributed by atoms with Crippen molar-refractivity contribution < 1.29 is 24.5 Å². The minimum Gasteiger partial charge on any atom is -0.481 e. The van der Waals surface area contributed by atoms with E-state index in [0.29, 0.717) is 37.0 Å². The fourth-order valence-electron chi connectivity index (χ4n) is 2.52. The number of ketones is 1. The lowest BCUT2D eigenvalue weighted by atomic mass is 10.0. The number of hydrogen-bond acceptors (Lipinski definition) is 4. The largest absolute Gasteiger partial charge is 0.481 e. The van der Waals surface area contributed by atoms with Gasteiger partial charge in [0.05, 0.1) is 6.42 Å². The van der Waals surface area contributed by atoms with E-state index in [1.807, 2.05) is 24.3 Å². The van der Waals surface area contributed by atoms with Gasteiger partial charge in [-0.25, -0.2) is 0 Å². The van der Waals surface area contributed by atoms with Gasteiger partial charge in [-0.3, -0.25) is 9.59 Å². The van der Waals surface area contributed by atoms with Gasteiger partial charge in [-0.1, -0.05) is 42.5 Å². The minimum atomic E-state index is -0.900. The Labute approximate surface area is 146 Å². The number of Topliss-reactive ketones (excluding diaryl/α,β-unsaturated/α-hetero) is 1. The summed E-state index contributed by atoms with van der Waals surface area (Å²) in [6, 6.07) is 9.10. The second-order valence-corrected chi connectivity index (χ2v) is 5.76. The summed E-state index contributed by atoms with van der Waals surface area (Å²) < 4.78 is 5.39. The van der Waals surface area contributed by atoms with Gasteiger partial charge in [0.25, 0.3) is 0 Å². The van der Waals surface area contributed by atoms with Gasteiger partial charge >= 0.3 is 5.97 Å². The lowest BCUT2D eigenvalue weighted by molar-refractivity contribution is -0.136. The van der Waals surface area contributed by atoms with Crippen molar-refractivity contribution in [2.75, 3.05) is 0 Å². The SMILES string of the molecule is O=C(O)CC=CC=C1CC=C(CCCC(O)Oc2ccccc2)C1=O. The molecule has 1 unspecified atom stereocenters. The molecule has 2 rings (SSSR count). The van der Waals surface area contributed by atoms with Crippen molar-refractivity contribution in [3.05, 3.63) is 65.8 Å². The van der Waals surface area contributed by atoms with Gasteiger partial charge in [0.1, 0.15) is 5.75 Å². The number of hydrogen-bond donors (Lipinski definition) is 2. The van der Waals surface area contributed by atoms with Crippen LogP contribution in [0.2, 0.25) is 0 Å². The molecule has 0 spiro atoms. The third-order valence-corrected chi connectivity index (χ3v) is 3.79. The average molecular weight is 342 g/mol. The van der Waals surface area contributed by atoms with Crippen molar-refractivity contribution in [2.45, 2.75) is 38.4 Å². The van der Waals surface area contributed by atoms with E-state index in [4.69, 9.17) is 9.84 Å². The first kappa shape index (κ1) is 18.7. The molecule has 25 heavy (non-hydrogen) atoms. The lowest BCUT2D eigenvalue weighted by Gasteiger charge is -2.13. The number of carbonyl (C=O) groups is 2. The highest BCUT2D eigenvalue weighted by atomic mass is 16.6. The smallest absolute Gasteiger partial charge is 0.307 e. The molecule has 0 radical (unpaired) electrons. The molecule has 0 bridgehead atoms. The maximum absolute atomic E-state index is 12.2. The molecule has 0 aromatic heterocycles. The highest BCUT2D eigenvalue weighted by Crippen LogP contribution is 2.25. The standard InChI is InChI=1S/C20H22O5/c21-18(22)11-5-4-7-15-13-14-16(20(15)24)8-6-12-19(23)25-17-9-2-1-3-10-17/h1-5,7,9-10,14,19,23H,6,8,11-13H2,(H,21,22). The lowest BCUT2D eigenvalue weighted by Crippen LogP contribution is -2.15. The molecule has 0 heterocycles. The molecule has 132 valence electrons. The summed E-state index contributed by atoms with van der Waals surface area (Å²) in [5.41, 5.74) is 1.41. The molecule has 1 atom stereocenters. The van der Waals surface area contributed by atoms with E-state index in [1.54, 1.807) is 24.3 Å². The molecule has 0 amide bonds. The minimum absolute atomic E-state index is 0.00144. The van der Waals surface area contributed by atoms with E-state index in [0.717, 1.165) is 5.57 Å². The molecule has 0 saturated heterocycles. The zero-order chi connectivity index (χ0) is 18.1. The molecular weight excluding hydrogens is 320 g/mol. The van der Waals surface area contributed by atoms with Crippen molar-refractivity contribution in [3.8, 4) is 5.75 Å². The molecule has 5 nitrogen and oxygen atoms in total. The van der Waals surface area contributed by atoms with Crippen molar-refractivity contribution >= 4 is 11.8 Å². The van der Waals surface area contributed by atoms with Crippen LogP contribution in [0.3, 0.4) is 0 Å². The average Bonchev–Trinajstić information content (AvgIpc) is 2.93. The zero-order valence-electron chi connectivity index (χ0n) is 13.9. The van der Waals surface area contributed by atoms with E-state index in [-0.39, 0.29) is 12.2 Å². The van der Waals surface area contributed by atoms with Gasteiger partial charge in [-0.15, -0.1) is 0 Å². The summed E-state index contributed by atoms with van der Waals surface area (Å²) in [5.74, 6) is -0.287. The summed E-state index contributed by atoms with van der Waals surface area (Å²) >= 11 is 0. The molecule has 1 aliphatic carbocycles. The van der Waals surface area contributed by atoms with Crippen molar-refractivity contribution in [2.24, 2.45) is 0 Å². The normalized spacial score (nSPS) is 17.1. The van der Waals surface area contributed by atoms with Crippen LogP contribution in [0.5, 0.6) is 5.75 Å². The number of aliphatic carboxylic acids is 1. The number of carboxylic acids is 1. The van der Waals surface area contributed by atoms with Crippen LogP contribution in [-0.2, 0) is 9.59 Å². The summed E-state index contributed by atoms with van der Waals surface area (Å²) in [6.45, 7) is 0. The van der Waals surface area contributed by atoms with Crippen LogP contribution in [0.15, 0.2) is 65.8 Å². The molecule has 0 aliphatic heterocycles. The Kier molecular flexibility index (Phi) is 7.16. The van der Waals surface area contributed by atoms with E-state index < -0.39 is 12.3 Å². The van der Waals surface area contributed by atoms with E-state index in [9.17, 15) is 14.7 Å². The Hall–Kier alpha value is -2.66. The first-order chi connectivity index (χ1) is 12.1. The van der Waals surface area contributed by atoms with E-state index in [1.165, 1.54) is 6.08 Å². The number of allylic oxidation sites excluding steroid dienone is 5. The molecule has 2 N–H and O–H groups in total. The van der Waals surface area contributed by atoms with Crippen LogP contribution in [0.1, 0.15) is 32.1 Å². The Morgan fingerprint density at radius 3 is 2.76 bits per heavy atom. The predicted molar refractivity (Wildman–Crippen MR) is 94.1 cm³/mol. The summed E-state index contributed by atoms with van der Waals surface area (Å²) in [6.07, 6.45) is 7.97. The molecule has 5 heteroatoms. The predicted octanol–water partition coefficient (Wildman–Crippen LogP) is 3.41. The Morgan fingerprint density at radius 2 is 2.04 bits per heavy atom. The Bertz CT molecular complexity index is 685. The van der Waals surface area contributed by atoms with E-state index >= 15 is 0 Å². The number of carbonyl (C=O) groups excluding carboxylic acids is 1. The van der Waals surface area contributed by atoms with Crippen LogP contribution in [0.25, 0.3) is 0 Å². The maximum atomic E-state index is 12.2. The molecule has 0 saturated carbocycles. The fraction of sp³-hybridized carbons (Fsp3) is 0.300. The van der Waals surface area contributed by atoms with Crippen molar-refractivity contribution in [1.82, 2.24) is 0 Å². The molecule has 1 aromatic rings. The topological polar surface area (TPSA) is 83.8 Å². The molecule has 1 aliphatic rings. The summed E-state index contributed by atoms with van der Waals surface area (Å²) in [5, 5.41) is 18.4. The number of aliphatic hydroxyl groups is 1. The van der Waals surface area contributed by atoms with Crippen LogP contribution in [0.4, 0.5) is 0 Å². The van der Waals surface area contributed by atoms with Crippen molar-refractivity contribution in [3.63, 3.8) is 0 Å². The monoisotopic (exact) mass is 342 g/mol. The molecule has 0 fully saturated rings. The summed E-state index contributed by atoms with van der Waals surface area (Å²) in [4.78, 5) is 22.6. The van der Waals surface area contributed by atoms with E-state index in [2.05, 4.69) is 0 Å². The van der Waals surface area contributed by atoms with Gasteiger partial charge in [0.15, 0.2) is 12.1 Å². The van der Waals surface area contributed by atoms with Gasteiger partial charge in [-0.05, 0) is 37.0 Å². The number of para-hydroxylation sites is 1. The summed E-state index contributed by atoms with van der Waals surface area (Å²) in [7, 11) is 0. The third-order valence-electron chi connectivity index (χ3n) is 3.79. The maximum Gasteiger partial charge on any atom is 0.307 e.